The molecular formula is C19H27NO4S. The summed E-state index contributed by atoms with van der Waals surface area (Å²) in [5.74, 6) is -1.03. The van der Waals surface area contributed by atoms with Crippen molar-refractivity contribution in [2.45, 2.75) is 58.3 Å². The van der Waals surface area contributed by atoms with E-state index in [1.807, 2.05) is 6.92 Å². The van der Waals surface area contributed by atoms with E-state index in [2.05, 4.69) is 20.8 Å². The van der Waals surface area contributed by atoms with Gasteiger partial charge in [-0.05, 0) is 37.3 Å². The second-order valence-corrected chi connectivity index (χ2v) is 8.98. The van der Waals surface area contributed by atoms with E-state index in [9.17, 15) is 18.0 Å². The highest BCUT2D eigenvalue weighted by Crippen LogP contribution is 2.33. The number of aryl methyl sites for hydroxylation is 1. The van der Waals surface area contributed by atoms with Gasteiger partial charge in [0.05, 0.1) is 4.90 Å². The molecule has 1 aromatic rings. The fourth-order valence-corrected chi connectivity index (χ4v) is 4.76. The van der Waals surface area contributed by atoms with Gasteiger partial charge in [0, 0.05) is 12.3 Å². The molecule has 138 valence electrons. The fraction of sp³-hybridized carbons (Fsp3) is 0.579. The third-order valence-electron chi connectivity index (χ3n) is 5.13. The molecule has 3 unspecified atom stereocenters. The van der Waals surface area contributed by atoms with Crippen molar-refractivity contribution in [3.8, 4) is 0 Å². The van der Waals surface area contributed by atoms with Crippen molar-refractivity contribution in [1.82, 2.24) is 4.31 Å². The van der Waals surface area contributed by atoms with Crippen LogP contribution in [0.15, 0.2) is 29.2 Å². The Balaban J connectivity index is 2.19. The summed E-state index contributed by atoms with van der Waals surface area (Å²) in [6, 6.07) is 6.18. The first-order chi connectivity index (χ1) is 11.7. The molecule has 1 heterocycles. The SMILES string of the molecule is CCCC(C)C(C)CC1CC(=O)N(S(=O)(=O)c2ccc(C)cc2)C1=O. The van der Waals surface area contributed by atoms with Gasteiger partial charge in [0.25, 0.3) is 10.0 Å². The maximum Gasteiger partial charge on any atom is 0.273 e. The molecule has 2 amide bonds. The molecule has 25 heavy (non-hydrogen) atoms. The van der Waals surface area contributed by atoms with Crippen molar-refractivity contribution >= 4 is 21.8 Å². The maximum absolute atomic E-state index is 12.7. The number of sulfonamides is 1. The standard InChI is InChI=1S/C19H27NO4S/c1-5-6-14(3)15(4)11-16-12-18(21)20(19(16)22)25(23,24)17-9-7-13(2)8-10-17/h7-10,14-16H,5-6,11-12H2,1-4H3. The Morgan fingerprint density at radius 2 is 1.72 bits per heavy atom. The Morgan fingerprint density at radius 1 is 1.12 bits per heavy atom. The van der Waals surface area contributed by atoms with Crippen LogP contribution in [0.25, 0.3) is 0 Å². The smallest absolute Gasteiger partial charge is 0.273 e. The Kier molecular flexibility index (Phi) is 6.03. The largest absolute Gasteiger partial charge is 0.273 e. The van der Waals surface area contributed by atoms with E-state index in [0.717, 1.165) is 18.4 Å². The normalized spacial score (nSPS) is 20.8. The van der Waals surface area contributed by atoms with Crippen LogP contribution >= 0.6 is 0 Å². The number of amides is 2. The van der Waals surface area contributed by atoms with Crippen LogP contribution in [0.5, 0.6) is 0 Å². The summed E-state index contributed by atoms with van der Waals surface area (Å²) < 4.78 is 25.9. The van der Waals surface area contributed by atoms with Gasteiger partial charge in [-0.2, -0.15) is 4.31 Å². The van der Waals surface area contributed by atoms with Crippen LogP contribution in [0.2, 0.25) is 0 Å². The summed E-state index contributed by atoms with van der Waals surface area (Å²) in [4.78, 5) is 24.9. The monoisotopic (exact) mass is 365 g/mol. The minimum atomic E-state index is -4.12. The number of carbonyl (C=O) groups excluding carboxylic acids is 2. The summed E-state index contributed by atoms with van der Waals surface area (Å²) in [5.41, 5.74) is 0.912. The zero-order valence-corrected chi connectivity index (χ0v) is 16.2. The molecule has 0 bridgehead atoms. The zero-order valence-electron chi connectivity index (χ0n) is 15.4. The van der Waals surface area contributed by atoms with Gasteiger partial charge in [-0.1, -0.05) is 51.3 Å². The van der Waals surface area contributed by atoms with Gasteiger partial charge in [0.1, 0.15) is 0 Å². The molecule has 1 saturated heterocycles. The summed E-state index contributed by atoms with van der Waals surface area (Å²) in [5, 5.41) is 0. The van der Waals surface area contributed by atoms with Crippen molar-refractivity contribution < 1.29 is 18.0 Å². The molecule has 5 nitrogen and oxygen atoms in total. The van der Waals surface area contributed by atoms with Gasteiger partial charge in [0.15, 0.2) is 0 Å². The Hall–Kier alpha value is -1.69. The lowest BCUT2D eigenvalue weighted by Crippen LogP contribution is -2.37. The first-order valence-corrected chi connectivity index (χ1v) is 10.3. The third-order valence-corrected chi connectivity index (χ3v) is 6.86. The number of benzene rings is 1. The minimum absolute atomic E-state index is 0.0205. The molecule has 0 saturated carbocycles. The van der Waals surface area contributed by atoms with Gasteiger partial charge in [-0.3, -0.25) is 9.59 Å². The molecule has 1 fully saturated rings. The van der Waals surface area contributed by atoms with Crippen molar-refractivity contribution in [3.05, 3.63) is 29.8 Å². The minimum Gasteiger partial charge on any atom is -0.273 e. The number of carbonyl (C=O) groups is 2. The van der Waals surface area contributed by atoms with E-state index in [4.69, 9.17) is 0 Å². The number of nitrogens with zero attached hydrogens (tertiary/aromatic N) is 1. The fourth-order valence-electron chi connectivity index (χ4n) is 3.34. The second kappa shape index (κ2) is 7.68. The number of imide groups is 1. The lowest BCUT2D eigenvalue weighted by Gasteiger charge is -2.22. The number of rotatable bonds is 7. The van der Waals surface area contributed by atoms with Crippen molar-refractivity contribution in [1.29, 1.82) is 0 Å². The molecule has 1 aliphatic rings. The number of hydrogen-bond acceptors (Lipinski definition) is 4. The van der Waals surface area contributed by atoms with E-state index < -0.39 is 27.8 Å². The predicted octanol–water partition coefficient (Wildman–Crippen LogP) is 3.52. The molecule has 0 aliphatic carbocycles. The van der Waals surface area contributed by atoms with Gasteiger partial charge in [-0.15, -0.1) is 0 Å². The molecule has 1 aromatic carbocycles. The quantitative estimate of drug-likeness (QED) is 0.693. The molecule has 2 rings (SSSR count). The van der Waals surface area contributed by atoms with Crippen molar-refractivity contribution in [3.63, 3.8) is 0 Å². The van der Waals surface area contributed by atoms with E-state index in [1.54, 1.807) is 12.1 Å². The summed E-state index contributed by atoms with van der Waals surface area (Å²) in [7, 11) is -4.12. The Morgan fingerprint density at radius 3 is 2.28 bits per heavy atom. The van der Waals surface area contributed by atoms with Crippen LogP contribution in [0.1, 0.15) is 52.0 Å². The zero-order chi connectivity index (χ0) is 18.8. The molecule has 3 atom stereocenters. The van der Waals surface area contributed by atoms with Crippen LogP contribution in [0.4, 0.5) is 0 Å². The van der Waals surface area contributed by atoms with Crippen LogP contribution in [-0.4, -0.2) is 24.5 Å². The maximum atomic E-state index is 12.7. The average molecular weight is 365 g/mol. The lowest BCUT2D eigenvalue weighted by atomic mass is 9.84. The van der Waals surface area contributed by atoms with Gasteiger partial charge < -0.3 is 0 Å². The summed E-state index contributed by atoms with van der Waals surface area (Å²) in [6.07, 6.45) is 2.65. The number of hydrogen-bond donors (Lipinski definition) is 0. The first kappa shape index (κ1) is 19.6. The van der Waals surface area contributed by atoms with E-state index in [1.165, 1.54) is 12.1 Å². The van der Waals surface area contributed by atoms with E-state index >= 15 is 0 Å². The highest BCUT2D eigenvalue weighted by Gasteiger charge is 2.46. The third kappa shape index (κ3) is 4.11. The second-order valence-electron chi connectivity index (χ2n) is 7.19. The molecule has 6 heteroatoms. The van der Waals surface area contributed by atoms with Crippen LogP contribution in [0, 0.1) is 24.7 Å². The highest BCUT2D eigenvalue weighted by molar-refractivity contribution is 7.90. The van der Waals surface area contributed by atoms with Crippen LogP contribution in [0.3, 0.4) is 0 Å². The van der Waals surface area contributed by atoms with Crippen LogP contribution < -0.4 is 0 Å². The van der Waals surface area contributed by atoms with Crippen molar-refractivity contribution in [2.75, 3.05) is 0 Å². The summed E-state index contributed by atoms with van der Waals surface area (Å²) >= 11 is 0. The molecule has 1 aliphatic heterocycles. The van der Waals surface area contributed by atoms with Crippen LogP contribution in [-0.2, 0) is 19.6 Å². The first-order valence-electron chi connectivity index (χ1n) is 8.87. The molecule has 0 N–H and O–H groups in total. The molecule has 0 aromatic heterocycles. The van der Waals surface area contributed by atoms with E-state index in [0.29, 0.717) is 16.6 Å². The van der Waals surface area contributed by atoms with Gasteiger partial charge >= 0.3 is 0 Å². The summed E-state index contributed by atoms with van der Waals surface area (Å²) in [6.45, 7) is 8.16. The topological polar surface area (TPSA) is 71.5 Å². The van der Waals surface area contributed by atoms with E-state index in [-0.39, 0.29) is 17.2 Å². The molecule has 0 spiro atoms. The lowest BCUT2D eigenvalue weighted by molar-refractivity contribution is -0.133. The Labute approximate surface area is 150 Å². The Bertz CT molecular complexity index is 739. The van der Waals surface area contributed by atoms with Gasteiger partial charge in [-0.25, -0.2) is 8.42 Å². The molecule has 0 radical (unpaired) electrons. The average Bonchev–Trinajstić information content (AvgIpc) is 2.82. The predicted molar refractivity (Wildman–Crippen MR) is 96.2 cm³/mol. The van der Waals surface area contributed by atoms with Crippen molar-refractivity contribution in [2.24, 2.45) is 17.8 Å². The highest BCUT2D eigenvalue weighted by atomic mass is 32.2. The van der Waals surface area contributed by atoms with Gasteiger partial charge in [0.2, 0.25) is 11.8 Å². The molecular weight excluding hydrogens is 338 g/mol.